The second-order valence-electron chi connectivity index (χ2n) is 6.92. The van der Waals surface area contributed by atoms with Gasteiger partial charge in [-0.15, -0.1) is 16.8 Å². The number of carbonyl (C=O) groups excluding carboxylic acids is 1. The number of phenolic OH excluding ortho intramolecular Hbond substituents is 1. The van der Waals surface area contributed by atoms with Crippen LogP contribution in [0.4, 0.5) is 5.69 Å². The molecular weight excluding hydrogens is 448 g/mol. The summed E-state index contributed by atoms with van der Waals surface area (Å²) in [5.74, 6) is -0.144. The topological polar surface area (TPSA) is 114 Å². The van der Waals surface area contributed by atoms with Crippen molar-refractivity contribution >= 4 is 33.2 Å². The summed E-state index contributed by atoms with van der Waals surface area (Å²) in [5.41, 5.74) is 0.564. The first-order chi connectivity index (χ1) is 15.3. The molecular formula is C22H24N4O4S2. The summed E-state index contributed by atoms with van der Waals surface area (Å²) in [6.45, 7) is 5.92. The minimum absolute atomic E-state index is 0.111. The van der Waals surface area contributed by atoms with E-state index in [4.69, 9.17) is 0 Å². The molecule has 2 aromatic carbocycles. The van der Waals surface area contributed by atoms with Crippen LogP contribution in [-0.4, -0.2) is 39.4 Å². The number of aromatic nitrogens is 3. The molecule has 32 heavy (non-hydrogen) atoms. The Morgan fingerprint density at radius 3 is 2.50 bits per heavy atom. The number of carbonyl (C=O) groups is 1. The van der Waals surface area contributed by atoms with Crippen LogP contribution >= 0.6 is 11.8 Å². The summed E-state index contributed by atoms with van der Waals surface area (Å²) in [4.78, 5) is 13.0. The van der Waals surface area contributed by atoms with Crippen LogP contribution in [0.2, 0.25) is 0 Å². The van der Waals surface area contributed by atoms with Gasteiger partial charge in [0.2, 0.25) is 5.91 Å². The number of benzene rings is 2. The van der Waals surface area contributed by atoms with Crippen molar-refractivity contribution in [1.82, 2.24) is 14.8 Å². The Kier molecular flexibility index (Phi) is 7.70. The number of nitrogens with one attached hydrogen (secondary N) is 1. The minimum atomic E-state index is -3.60. The molecule has 8 nitrogen and oxygen atoms in total. The maximum atomic E-state index is 12.8. The molecule has 3 aromatic rings. The second kappa shape index (κ2) is 10.5. The third-order valence-corrected chi connectivity index (χ3v) is 7.55. The summed E-state index contributed by atoms with van der Waals surface area (Å²) >= 11 is 1.21. The van der Waals surface area contributed by atoms with Crippen molar-refractivity contribution in [2.45, 2.75) is 40.9 Å². The molecule has 0 aliphatic heterocycles. The van der Waals surface area contributed by atoms with E-state index < -0.39 is 15.1 Å². The predicted molar refractivity (Wildman–Crippen MR) is 124 cm³/mol. The highest BCUT2D eigenvalue weighted by molar-refractivity contribution is 8.00. The number of hydrogen-bond acceptors (Lipinski definition) is 7. The Hall–Kier alpha value is -3.11. The number of hydrogen-bond donors (Lipinski definition) is 2. The molecule has 2 N–H and O–H groups in total. The van der Waals surface area contributed by atoms with Crippen molar-refractivity contribution in [3.05, 3.63) is 73.1 Å². The van der Waals surface area contributed by atoms with Gasteiger partial charge in [-0.3, -0.25) is 4.79 Å². The quantitative estimate of drug-likeness (QED) is 0.263. The van der Waals surface area contributed by atoms with Gasteiger partial charge >= 0.3 is 0 Å². The third-order valence-electron chi connectivity index (χ3n) is 4.57. The Labute approximate surface area is 191 Å². The predicted octanol–water partition coefficient (Wildman–Crippen LogP) is 3.65. The maximum Gasteiger partial charge on any atom is 0.237 e. The van der Waals surface area contributed by atoms with Gasteiger partial charge in [-0.2, -0.15) is 0 Å². The van der Waals surface area contributed by atoms with Gasteiger partial charge in [-0.25, -0.2) is 8.42 Å². The van der Waals surface area contributed by atoms with E-state index in [-0.39, 0.29) is 28.1 Å². The molecule has 1 heterocycles. The van der Waals surface area contributed by atoms with Crippen LogP contribution in [-0.2, 0) is 26.9 Å². The lowest BCUT2D eigenvalue weighted by molar-refractivity contribution is -0.115. The number of rotatable bonds is 10. The number of sulfone groups is 1. The van der Waals surface area contributed by atoms with Crippen LogP contribution in [0.1, 0.15) is 19.2 Å². The molecule has 0 fully saturated rings. The van der Waals surface area contributed by atoms with Crippen LogP contribution < -0.4 is 5.32 Å². The van der Waals surface area contributed by atoms with Gasteiger partial charge in [-0.05, 0) is 42.8 Å². The summed E-state index contributed by atoms with van der Waals surface area (Å²) < 4.78 is 27.2. The highest BCUT2D eigenvalue weighted by Crippen LogP contribution is 2.27. The van der Waals surface area contributed by atoms with Crippen LogP contribution in [0.25, 0.3) is 0 Å². The fourth-order valence-electron chi connectivity index (χ4n) is 2.92. The van der Waals surface area contributed by atoms with Crippen LogP contribution in [0.3, 0.4) is 0 Å². The first kappa shape index (κ1) is 23.6. The number of phenols is 1. The fourth-order valence-corrected chi connectivity index (χ4v) is 5.20. The first-order valence-electron chi connectivity index (χ1n) is 9.91. The van der Waals surface area contributed by atoms with Crippen LogP contribution in [0, 0.1) is 0 Å². The Morgan fingerprint density at radius 1 is 1.19 bits per heavy atom. The Bertz CT molecular complexity index is 1180. The summed E-state index contributed by atoms with van der Waals surface area (Å²) in [6, 6.07) is 14.4. The van der Waals surface area contributed by atoms with Crippen LogP contribution in [0.15, 0.2) is 77.3 Å². The molecule has 0 aliphatic rings. The molecule has 0 saturated carbocycles. The molecule has 0 spiro atoms. The Balaban J connectivity index is 1.79. The second-order valence-corrected chi connectivity index (χ2v) is 10.1. The van der Waals surface area contributed by atoms with E-state index in [0.29, 0.717) is 23.8 Å². The van der Waals surface area contributed by atoms with E-state index in [9.17, 15) is 18.3 Å². The average molecular weight is 473 g/mol. The molecule has 10 heteroatoms. The third kappa shape index (κ3) is 5.77. The van der Waals surface area contributed by atoms with E-state index in [1.807, 2.05) is 6.92 Å². The zero-order valence-electron chi connectivity index (χ0n) is 17.5. The zero-order chi connectivity index (χ0) is 23.1. The smallest absolute Gasteiger partial charge is 0.237 e. The van der Waals surface area contributed by atoms with E-state index in [1.54, 1.807) is 53.1 Å². The zero-order valence-corrected chi connectivity index (χ0v) is 19.1. The molecule has 1 amide bonds. The van der Waals surface area contributed by atoms with Crippen molar-refractivity contribution < 1.29 is 18.3 Å². The largest absolute Gasteiger partial charge is 0.508 e. The van der Waals surface area contributed by atoms with Crippen molar-refractivity contribution in [2.75, 3.05) is 5.32 Å². The monoisotopic (exact) mass is 472 g/mol. The van der Waals surface area contributed by atoms with E-state index in [0.717, 1.165) is 0 Å². The lowest BCUT2D eigenvalue weighted by Crippen LogP contribution is -2.25. The summed E-state index contributed by atoms with van der Waals surface area (Å²) in [6.07, 6.45) is 2.15. The standard InChI is InChI=1S/C22H24N4O4S2/c1-3-14-26-20(15-32(29,30)18-8-6-5-7-9-18)24-25-22(26)31-19(4-2)21(28)23-16-10-12-17(27)13-11-16/h3,5-13,19,27H,1,4,14-15H2,2H3,(H,23,28). The van der Waals surface area contributed by atoms with E-state index >= 15 is 0 Å². The van der Waals surface area contributed by atoms with E-state index in [1.165, 1.54) is 23.9 Å². The Morgan fingerprint density at radius 2 is 1.88 bits per heavy atom. The molecule has 1 atom stereocenters. The molecule has 0 bridgehead atoms. The van der Waals surface area contributed by atoms with Crippen molar-refractivity contribution in [3.8, 4) is 5.75 Å². The molecule has 0 radical (unpaired) electrons. The van der Waals surface area contributed by atoms with Gasteiger partial charge in [-0.1, -0.05) is 43.0 Å². The molecule has 0 saturated heterocycles. The summed E-state index contributed by atoms with van der Waals surface area (Å²) in [5, 5.41) is 20.4. The molecule has 168 valence electrons. The van der Waals surface area contributed by atoms with Crippen LogP contribution in [0.5, 0.6) is 5.75 Å². The lowest BCUT2D eigenvalue weighted by atomic mass is 10.2. The molecule has 1 aromatic heterocycles. The van der Waals surface area contributed by atoms with Gasteiger partial charge in [0.05, 0.1) is 10.1 Å². The number of anilines is 1. The number of amides is 1. The fraction of sp³-hybridized carbons (Fsp3) is 0.227. The highest BCUT2D eigenvalue weighted by Gasteiger charge is 2.25. The van der Waals surface area contributed by atoms with Crippen molar-refractivity contribution in [2.24, 2.45) is 0 Å². The van der Waals surface area contributed by atoms with Crippen molar-refractivity contribution in [3.63, 3.8) is 0 Å². The molecule has 0 aliphatic carbocycles. The number of allylic oxidation sites excluding steroid dienone is 1. The van der Waals surface area contributed by atoms with Gasteiger partial charge in [0.15, 0.2) is 15.0 Å². The maximum absolute atomic E-state index is 12.8. The number of nitrogens with zero attached hydrogens (tertiary/aromatic N) is 3. The molecule has 1 unspecified atom stereocenters. The highest BCUT2D eigenvalue weighted by atomic mass is 32.2. The SMILES string of the molecule is C=CCn1c(CS(=O)(=O)c2ccccc2)nnc1SC(CC)C(=O)Nc1ccc(O)cc1. The number of thioether (sulfide) groups is 1. The number of aromatic hydroxyl groups is 1. The van der Waals surface area contributed by atoms with E-state index in [2.05, 4.69) is 22.1 Å². The normalized spacial score (nSPS) is 12.3. The minimum Gasteiger partial charge on any atom is -0.508 e. The van der Waals surface area contributed by atoms with Gasteiger partial charge < -0.3 is 15.0 Å². The van der Waals surface area contributed by atoms with Crippen molar-refractivity contribution in [1.29, 1.82) is 0 Å². The summed E-state index contributed by atoms with van der Waals surface area (Å²) in [7, 11) is -3.60. The van der Waals surface area contributed by atoms with Gasteiger partial charge in [0, 0.05) is 12.2 Å². The van der Waals surface area contributed by atoms with Gasteiger partial charge in [0.25, 0.3) is 0 Å². The molecule has 3 rings (SSSR count). The average Bonchev–Trinajstić information content (AvgIpc) is 3.14. The van der Waals surface area contributed by atoms with Gasteiger partial charge in [0.1, 0.15) is 17.3 Å². The first-order valence-corrected chi connectivity index (χ1v) is 12.4. The lowest BCUT2D eigenvalue weighted by Gasteiger charge is -2.15.